The molecule has 1 unspecified atom stereocenters. The maximum atomic E-state index is 12.3. The Morgan fingerprint density at radius 3 is 1.96 bits per heavy atom. The number of urea groups is 1. The standard InChI is InChI=1S/C19H22N4O3/c1-13(2)16(21-19(26)20-15-11-7-4-8-12-15)18(25)23-22-17(24)14-9-5-3-6-10-14/h3-13,16H,1-2H3,(H,22,24)(H,23,25)(H2,20,21,26). The Morgan fingerprint density at radius 2 is 1.38 bits per heavy atom. The molecule has 0 aliphatic rings. The van der Waals surface area contributed by atoms with Crippen molar-refractivity contribution in [3.8, 4) is 0 Å². The first-order chi connectivity index (χ1) is 12.5. The summed E-state index contributed by atoms with van der Waals surface area (Å²) in [6.45, 7) is 3.60. The van der Waals surface area contributed by atoms with E-state index in [1.54, 1.807) is 68.4 Å². The zero-order valence-electron chi connectivity index (χ0n) is 14.7. The molecule has 136 valence electrons. The van der Waals surface area contributed by atoms with E-state index in [2.05, 4.69) is 21.5 Å². The Kier molecular flexibility index (Phi) is 6.73. The van der Waals surface area contributed by atoms with Gasteiger partial charge in [-0.3, -0.25) is 20.4 Å². The van der Waals surface area contributed by atoms with Gasteiger partial charge in [0.25, 0.3) is 11.8 Å². The Balaban J connectivity index is 1.90. The zero-order chi connectivity index (χ0) is 18.9. The van der Waals surface area contributed by atoms with E-state index in [9.17, 15) is 14.4 Å². The second kappa shape index (κ2) is 9.22. The van der Waals surface area contributed by atoms with Gasteiger partial charge in [0.15, 0.2) is 0 Å². The van der Waals surface area contributed by atoms with Crippen LogP contribution in [0.4, 0.5) is 10.5 Å². The van der Waals surface area contributed by atoms with E-state index in [1.165, 1.54) is 0 Å². The van der Waals surface area contributed by atoms with Crippen LogP contribution in [0.2, 0.25) is 0 Å². The molecule has 0 radical (unpaired) electrons. The Labute approximate surface area is 152 Å². The van der Waals surface area contributed by atoms with Crippen molar-refractivity contribution < 1.29 is 14.4 Å². The highest BCUT2D eigenvalue weighted by atomic mass is 16.2. The number of carbonyl (C=O) groups excluding carboxylic acids is 3. The highest BCUT2D eigenvalue weighted by Gasteiger charge is 2.24. The predicted molar refractivity (Wildman–Crippen MR) is 99.3 cm³/mol. The number of hydrogen-bond acceptors (Lipinski definition) is 3. The van der Waals surface area contributed by atoms with Crippen molar-refractivity contribution in [3.63, 3.8) is 0 Å². The summed E-state index contributed by atoms with van der Waals surface area (Å²) in [5.74, 6) is -1.12. The van der Waals surface area contributed by atoms with Crippen LogP contribution in [0.3, 0.4) is 0 Å². The van der Waals surface area contributed by atoms with E-state index in [4.69, 9.17) is 0 Å². The minimum Gasteiger partial charge on any atom is -0.326 e. The molecule has 0 aliphatic heterocycles. The quantitative estimate of drug-likeness (QED) is 0.620. The minimum absolute atomic E-state index is 0.176. The molecule has 0 bridgehead atoms. The second-order valence-corrected chi connectivity index (χ2v) is 6.00. The fourth-order valence-corrected chi connectivity index (χ4v) is 2.22. The molecule has 7 nitrogen and oxygen atoms in total. The number of amides is 4. The van der Waals surface area contributed by atoms with Gasteiger partial charge in [0, 0.05) is 11.3 Å². The van der Waals surface area contributed by atoms with Gasteiger partial charge in [0.05, 0.1) is 0 Å². The number of hydrazine groups is 1. The molecule has 0 aliphatic carbocycles. The van der Waals surface area contributed by atoms with Gasteiger partial charge in [-0.05, 0) is 30.2 Å². The summed E-state index contributed by atoms with van der Waals surface area (Å²) >= 11 is 0. The first-order valence-corrected chi connectivity index (χ1v) is 8.25. The van der Waals surface area contributed by atoms with Crippen LogP contribution in [-0.4, -0.2) is 23.9 Å². The molecular weight excluding hydrogens is 332 g/mol. The molecular formula is C19H22N4O3. The number of benzene rings is 2. The average Bonchev–Trinajstić information content (AvgIpc) is 2.65. The molecule has 2 aromatic rings. The van der Waals surface area contributed by atoms with Crippen LogP contribution >= 0.6 is 0 Å². The maximum Gasteiger partial charge on any atom is 0.319 e. The van der Waals surface area contributed by atoms with Crippen LogP contribution in [0.1, 0.15) is 24.2 Å². The van der Waals surface area contributed by atoms with Crippen LogP contribution < -0.4 is 21.5 Å². The summed E-state index contributed by atoms with van der Waals surface area (Å²) < 4.78 is 0. The van der Waals surface area contributed by atoms with Gasteiger partial charge in [-0.25, -0.2) is 4.79 Å². The largest absolute Gasteiger partial charge is 0.326 e. The third-order valence-electron chi connectivity index (χ3n) is 3.60. The lowest BCUT2D eigenvalue weighted by molar-refractivity contribution is -0.124. The third-order valence-corrected chi connectivity index (χ3v) is 3.60. The van der Waals surface area contributed by atoms with Gasteiger partial charge < -0.3 is 10.6 Å². The van der Waals surface area contributed by atoms with Crippen LogP contribution in [0, 0.1) is 5.92 Å². The summed E-state index contributed by atoms with van der Waals surface area (Å²) in [7, 11) is 0. The smallest absolute Gasteiger partial charge is 0.319 e. The van der Waals surface area contributed by atoms with Crippen molar-refractivity contribution in [3.05, 3.63) is 66.2 Å². The van der Waals surface area contributed by atoms with Gasteiger partial charge >= 0.3 is 6.03 Å². The normalized spacial score (nSPS) is 11.3. The zero-order valence-corrected chi connectivity index (χ0v) is 14.7. The Morgan fingerprint density at radius 1 is 0.808 bits per heavy atom. The van der Waals surface area contributed by atoms with Crippen LogP contribution in [0.25, 0.3) is 0 Å². The molecule has 0 fully saturated rings. The highest BCUT2D eigenvalue weighted by molar-refractivity contribution is 5.97. The lowest BCUT2D eigenvalue weighted by atomic mass is 10.0. The van der Waals surface area contributed by atoms with E-state index in [-0.39, 0.29) is 5.92 Å². The topological polar surface area (TPSA) is 99.3 Å². The van der Waals surface area contributed by atoms with E-state index in [1.807, 2.05) is 6.07 Å². The summed E-state index contributed by atoms with van der Waals surface area (Å²) in [5, 5.41) is 5.27. The molecule has 0 saturated heterocycles. The van der Waals surface area contributed by atoms with Crippen molar-refractivity contribution in [2.75, 3.05) is 5.32 Å². The highest BCUT2D eigenvalue weighted by Crippen LogP contribution is 2.06. The van der Waals surface area contributed by atoms with Crippen LogP contribution in [-0.2, 0) is 4.79 Å². The fourth-order valence-electron chi connectivity index (χ4n) is 2.22. The van der Waals surface area contributed by atoms with Crippen LogP contribution in [0.15, 0.2) is 60.7 Å². The number of anilines is 1. The van der Waals surface area contributed by atoms with Gasteiger partial charge in [-0.2, -0.15) is 0 Å². The van der Waals surface area contributed by atoms with E-state index >= 15 is 0 Å². The van der Waals surface area contributed by atoms with E-state index < -0.39 is 23.9 Å². The Bertz CT molecular complexity index is 748. The lowest BCUT2D eigenvalue weighted by Gasteiger charge is -2.22. The monoisotopic (exact) mass is 354 g/mol. The molecule has 2 rings (SSSR count). The fraction of sp³-hybridized carbons (Fsp3) is 0.211. The molecule has 4 N–H and O–H groups in total. The number of carbonyl (C=O) groups is 3. The molecule has 0 saturated carbocycles. The molecule has 0 spiro atoms. The number of para-hydroxylation sites is 1. The van der Waals surface area contributed by atoms with Gasteiger partial charge in [0.1, 0.15) is 6.04 Å². The molecule has 2 aromatic carbocycles. The maximum absolute atomic E-state index is 12.3. The lowest BCUT2D eigenvalue weighted by Crippen LogP contribution is -2.55. The second-order valence-electron chi connectivity index (χ2n) is 6.00. The van der Waals surface area contributed by atoms with Crippen molar-refractivity contribution in [2.24, 2.45) is 5.92 Å². The summed E-state index contributed by atoms with van der Waals surface area (Å²) in [5.41, 5.74) is 5.73. The van der Waals surface area contributed by atoms with Gasteiger partial charge in [0.2, 0.25) is 0 Å². The first-order valence-electron chi connectivity index (χ1n) is 8.25. The van der Waals surface area contributed by atoms with E-state index in [0.717, 1.165) is 0 Å². The number of hydrogen-bond donors (Lipinski definition) is 4. The predicted octanol–water partition coefficient (Wildman–Crippen LogP) is 2.29. The molecule has 1 atom stereocenters. The van der Waals surface area contributed by atoms with Crippen molar-refractivity contribution in [1.29, 1.82) is 0 Å². The number of rotatable bonds is 5. The number of nitrogens with one attached hydrogen (secondary N) is 4. The van der Waals surface area contributed by atoms with Gasteiger partial charge in [-0.15, -0.1) is 0 Å². The molecule has 0 aromatic heterocycles. The molecule has 26 heavy (non-hydrogen) atoms. The molecule has 4 amide bonds. The molecule has 0 heterocycles. The van der Waals surface area contributed by atoms with Crippen molar-refractivity contribution in [2.45, 2.75) is 19.9 Å². The molecule has 7 heteroatoms. The SMILES string of the molecule is CC(C)C(NC(=O)Nc1ccccc1)C(=O)NNC(=O)c1ccccc1. The summed E-state index contributed by atoms with van der Waals surface area (Å²) in [6, 6.07) is 16.1. The van der Waals surface area contributed by atoms with Crippen LogP contribution in [0.5, 0.6) is 0 Å². The third kappa shape index (κ3) is 5.62. The Hall–Kier alpha value is -3.35. The first kappa shape index (κ1) is 19.0. The van der Waals surface area contributed by atoms with Crippen molar-refractivity contribution in [1.82, 2.24) is 16.2 Å². The van der Waals surface area contributed by atoms with E-state index in [0.29, 0.717) is 11.3 Å². The minimum atomic E-state index is -0.810. The summed E-state index contributed by atoms with van der Waals surface area (Å²) in [6.07, 6.45) is 0. The average molecular weight is 354 g/mol. The van der Waals surface area contributed by atoms with Crippen molar-refractivity contribution >= 4 is 23.5 Å². The summed E-state index contributed by atoms with van der Waals surface area (Å²) in [4.78, 5) is 36.4. The van der Waals surface area contributed by atoms with Gasteiger partial charge in [-0.1, -0.05) is 50.2 Å².